The molecule has 5 nitrogen and oxygen atoms in total. The zero-order valence-electron chi connectivity index (χ0n) is 11.4. The zero-order chi connectivity index (χ0) is 15.0. The second kappa shape index (κ2) is 5.77. The summed E-state index contributed by atoms with van der Waals surface area (Å²) < 4.78 is 6.38. The van der Waals surface area contributed by atoms with E-state index in [-0.39, 0.29) is 5.91 Å². The molecule has 0 spiro atoms. The van der Waals surface area contributed by atoms with Crippen molar-refractivity contribution in [2.75, 3.05) is 11.4 Å². The number of halogens is 1. The molecule has 6 heteroatoms. The Hall–Kier alpha value is -1.40. The van der Waals surface area contributed by atoms with Crippen LogP contribution in [0.5, 0.6) is 0 Å². The fraction of sp³-hybridized carbons (Fsp3) is 0.467. The molecule has 112 valence electrons. The van der Waals surface area contributed by atoms with Crippen LogP contribution in [-0.4, -0.2) is 35.7 Å². The van der Waals surface area contributed by atoms with Crippen molar-refractivity contribution in [3.63, 3.8) is 0 Å². The van der Waals surface area contributed by atoms with Crippen molar-refractivity contribution in [3.8, 4) is 0 Å². The van der Waals surface area contributed by atoms with Crippen molar-refractivity contribution in [1.29, 1.82) is 0 Å². The van der Waals surface area contributed by atoms with Gasteiger partial charge in [0.1, 0.15) is 6.10 Å². The minimum absolute atomic E-state index is 0.123. The van der Waals surface area contributed by atoms with Gasteiger partial charge in [0, 0.05) is 16.7 Å². The first-order chi connectivity index (χ1) is 10.1. The molecule has 0 unspecified atom stereocenters. The number of carboxylic acid groups (broad SMARTS) is 1. The van der Waals surface area contributed by atoms with Gasteiger partial charge in [0.15, 0.2) is 6.10 Å². The number of benzene rings is 1. The van der Waals surface area contributed by atoms with Crippen molar-refractivity contribution < 1.29 is 19.4 Å². The van der Waals surface area contributed by atoms with Gasteiger partial charge in [-0.15, -0.1) is 0 Å². The van der Waals surface area contributed by atoms with Gasteiger partial charge in [-0.25, -0.2) is 4.79 Å². The van der Waals surface area contributed by atoms with E-state index in [1.807, 2.05) is 18.2 Å². The highest BCUT2D eigenvalue weighted by molar-refractivity contribution is 9.10. The smallest absolute Gasteiger partial charge is 0.332 e. The van der Waals surface area contributed by atoms with E-state index >= 15 is 0 Å². The summed E-state index contributed by atoms with van der Waals surface area (Å²) in [6.45, 7) is 0.658. The Labute approximate surface area is 131 Å². The second-order valence-electron chi connectivity index (χ2n) is 5.40. The molecule has 0 aliphatic carbocycles. The Morgan fingerprint density at radius 3 is 2.76 bits per heavy atom. The number of carbonyl (C=O) groups excluding carboxylic acids is 1. The van der Waals surface area contributed by atoms with Crippen LogP contribution in [0, 0.1) is 0 Å². The third-order valence-electron chi connectivity index (χ3n) is 4.00. The number of carboxylic acids is 1. The number of amides is 1. The Morgan fingerprint density at radius 2 is 2.05 bits per heavy atom. The molecule has 2 atom stereocenters. The molecule has 1 fully saturated rings. The largest absolute Gasteiger partial charge is 0.479 e. The van der Waals surface area contributed by atoms with Crippen molar-refractivity contribution in [1.82, 2.24) is 0 Å². The van der Waals surface area contributed by atoms with Crippen LogP contribution in [0.25, 0.3) is 0 Å². The van der Waals surface area contributed by atoms with E-state index in [0.717, 1.165) is 28.6 Å². The molecular formula is C15H16BrNO4. The first-order valence-corrected chi connectivity index (χ1v) is 7.83. The normalized spacial score (nSPS) is 24.7. The summed E-state index contributed by atoms with van der Waals surface area (Å²) >= 11 is 3.44. The first kappa shape index (κ1) is 14.5. The predicted molar refractivity (Wildman–Crippen MR) is 80.3 cm³/mol. The van der Waals surface area contributed by atoms with Crippen molar-refractivity contribution in [3.05, 3.63) is 28.2 Å². The summed E-state index contributed by atoms with van der Waals surface area (Å²) in [6, 6.07) is 5.88. The molecule has 1 N–H and O–H groups in total. The lowest BCUT2D eigenvalue weighted by molar-refractivity contribution is -0.151. The van der Waals surface area contributed by atoms with Gasteiger partial charge < -0.3 is 14.7 Å². The number of aryl methyl sites for hydroxylation is 1. The Bertz CT molecular complexity index is 589. The molecule has 2 heterocycles. The van der Waals surface area contributed by atoms with E-state index in [0.29, 0.717) is 19.4 Å². The van der Waals surface area contributed by atoms with Gasteiger partial charge >= 0.3 is 5.97 Å². The molecule has 1 aromatic rings. The molecule has 0 aromatic heterocycles. The van der Waals surface area contributed by atoms with Crippen LogP contribution in [0.2, 0.25) is 0 Å². The lowest BCUT2D eigenvalue weighted by atomic mass is 10.0. The lowest BCUT2D eigenvalue weighted by Gasteiger charge is -2.31. The van der Waals surface area contributed by atoms with Gasteiger partial charge in [-0.1, -0.05) is 15.9 Å². The fourth-order valence-electron chi connectivity index (χ4n) is 2.97. The number of hydrogen-bond acceptors (Lipinski definition) is 3. The summed E-state index contributed by atoms with van der Waals surface area (Å²) in [5.74, 6) is -1.12. The molecule has 0 radical (unpaired) electrons. The Morgan fingerprint density at radius 1 is 1.29 bits per heavy atom. The summed E-state index contributed by atoms with van der Waals surface area (Å²) in [5, 5.41) is 8.96. The predicted octanol–water partition coefficient (Wildman–Crippen LogP) is 2.36. The van der Waals surface area contributed by atoms with Crippen molar-refractivity contribution in [2.24, 2.45) is 0 Å². The highest BCUT2D eigenvalue weighted by Crippen LogP contribution is 2.32. The minimum atomic E-state index is -0.992. The van der Waals surface area contributed by atoms with Crippen LogP contribution in [0.3, 0.4) is 0 Å². The Balaban J connectivity index is 1.79. The zero-order valence-corrected chi connectivity index (χ0v) is 13.0. The average Bonchev–Trinajstić information content (AvgIpc) is 2.95. The van der Waals surface area contributed by atoms with Gasteiger partial charge in [-0.2, -0.15) is 0 Å². The number of aliphatic carboxylic acids is 1. The van der Waals surface area contributed by atoms with Gasteiger partial charge in [-0.3, -0.25) is 4.79 Å². The maximum Gasteiger partial charge on any atom is 0.332 e. The summed E-state index contributed by atoms with van der Waals surface area (Å²) in [7, 11) is 0. The van der Waals surface area contributed by atoms with Crippen LogP contribution in [0.4, 0.5) is 5.69 Å². The maximum absolute atomic E-state index is 12.6. The lowest BCUT2D eigenvalue weighted by Crippen LogP contribution is -2.42. The third kappa shape index (κ3) is 2.82. The number of rotatable bonds is 2. The summed E-state index contributed by atoms with van der Waals surface area (Å²) in [5.41, 5.74) is 2.05. The molecule has 3 rings (SSSR count). The molecule has 1 saturated heterocycles. The molecule has 0 saturated carbocycles. The molecule has 1 amide bonds. The summed E-state index contributed by atoms with van der Waals surface area (Å²) in [6.07, 6.45) is 1.23. The van der Waals surface area contributed by atoms with Crippen molar-refractivity contribution >= 4 is 33.5 Å². The van der Waals surface area contributed by atoms with E-state index in [4.69, 9.17) is 9.84 Å². The first-order valence-electron chi connectivity index (χ1n) is 7.04. The van der Waals surface area contributed by atoms with E-state index < -0.39 is 18.2 Å². The van der Waals surface area contributed by atoms with Gasteiger partial charge in [0.25, 0.3) is 5.91 Å². The van der Waals surface area contributed by atoms with E-state index in [1.54, 1.807) is 4.90 Å². The molecule has 0 bridgehead atoms. The molecular weight excluding hydrogens is 338 g/mol. The SMILES string of the molecule is O=C(O)[C@H]1CC[C@@H](C(=O)N2CCCc3cc(Br)ccc32)O1. The number of nitrogens with zero attached hydrogens (tertiary/aromatic N) is 1. The molecule has 2 aliphatic rings. The van der Waals surface area contributed by atoms with Crippen LogP contribution in [-0.2, 0) is 20.7 Å². The van der Waals surface area contributed by atoms with Gasteiger partial charge in [-0.05, 0) is 49.4 Å². The van der Waals surface area contributed by atoms with Gasteiger partial charge in [0.05, 0.1) is 0 Å². The van der Waals surface area contributed by atoms with E-state index in [2.05, 4.69) is 15.9 Å². The Kier molecular flexibility index (Phi) is 3.99. The van der Waals surface area contributed by atoms with Crippen LogP contribution < -0.4 is 4.90 Å². The quantitative estimate of drug-likeness (QED) is 0.886. The van der Waals surface area contributed by atoms with Crippen LogP contribution >= 0.6 is 15.9 Å². The average molecular weight is 354 g/mol. The third-order valence-corrected chi connectivity index (χ3v) is 4.49. The molecule has 21 heavy (non-hydrogen) atoms. The van der Waals surface area contributed by atoms with Crippen LogP contribution in [0.1, 0.15) is 24.8 Å². The number of carbonyl (C=O) groups is 2. The standard InChI is InChI=1S/C15H16BrNO4/c16-10-3-4-11-9(8-10)2-1-7-17(11)14(18)12-5-6-13(21-12)15(19)20/h3-4,8,12-13H,1-2,5-7H2,(H,19,20)/t12-,13+/m0/s1. The number of ether oxygens (including phenoxy) is 1. The van der Waals surface area contributed by atoms with Crippen molar-refractivity contribution in [2.45, 2.75) is 37.9 Å². The van der Waals surface area contributed by atoms with E-state index in [1.165, 1.54) is 0 Å². The monoisotopic (exact) mass is 353 g/mol. The number of fused-ring (bicyclic) bond motifs is 1. The number of anilines is 1. The molecule has 2 aliphatic heterocycles. The maximum atomic E-state index is 12.6. The fourth-order valence-corrected chi connectivity index (χ4v) is 3.38. The highest BCUT2D eigenvalue weighted by atomic mass is 79.9. The minimum Gasteiger partial charge on any atom is -0.479 e. The second-order valence-corrected chi connectivity index (χ2v) is 6.31. The topological polar surface area (TPSA) is 66.8 Å². The van der Waals surface area contributed by atoms with E-state index in [9.17, 15) is 9.59 Å². The van der Waals surface area contributed by atoms with Crippen LogP contribution in [0.15, 0.2) is 22.7 Å². The highest BCUT2D eigenvalue weighted by Gasteiger charge is 2.38. The number of hydrogen-bond donors (Lipinski definition) is 1. The molecule has 1 aromatic carbocycles. The van der Waals surface area contributed by atoms with Gasteiger partial charge in [0.2, 0.25) is 0 Å². The summed E-state index contributed by atoms with van der Waals surface area (Å²) in [4.78, 5) is 25.3.